The molecule has 0 heterocycles. The van der Waals surface area contributed by atoms with Gasteiger partial charge in [0.05, 0.1) is 23.6 Å². The molecule has 0 fully saturated rings. The van der Waals surface area contributed by atoms with Crippen molar-refractivity contribution in [1.82, 2.24) is 5.32 Å². The van der Waals surface area contributed by atoms with Crippen molar-refractivity contribution < 1.29 is 19.4 Å². The largest absolute Gasteiger partial charge is 0.492 e. The van der Waals surface area contributed by atoms with E-state index < -0.39 is 11.4 Å². The predicted molar refractivity (Wildman–Crippen MR) is 94.2 cm³/mol. The SMILES string of the molecule is CCOc1cc(CNCC(CC)(CC)C(=O)O)cc(Br)c1OC. The van der Waals surface area contributed by atoms with Crippen LogP contribution in [-0.4, -0.2) is 31.3 Å². The molecule has 0 atom stereocenters. The molecule has 6 heteroatoms. The highest BCUT2D eigenvalue weighted by Gasteiger charge is 2.34. The fourth-order valence-corrected chi connectivity index (χ4v) is 3.16. The summed E-state index contributed by atoms with van der Waals surface area (Å²) in [5.74, 6) is 0.593. The number of carboxylic acid groups (broad SMARTS) is 1. The number of aliphatic carboxylic acids is 1. The van der Waals surface area contributed by atoms with Gasteiger partial charge in [-0.05, 0) is 53.4 Å². The molecule has 0 unspecified atom stereocenters. The molecule has 5 nitrogen and oxygen atoms in total. The zero-order chi connectivity index (χ0) is 17.5. The van der Waals surface area contributed by atoms with Crippen molar-refractivity contribution in [3.05, 3.63) is 22.2 Å². The third kappa shape index (κ3) is 4.85. The average molecular weight is 388 g/mol. The summed E-state index contributed by atoms with van der Waals surface area (Å²) in [7, 11) is 1.60. The van der Waals surface area contributed by atoms with Crippen molar-refractivity contribution in [1.29, 1.82) is 0 Å². The van der Waals surface area contributed by atoms with E-state index in [4.69, 9.17) is 9.47 Å². The average Bonchev–Trinajstić information content (AvgIpc) is 2.52. The minimum Gasteiger partial charge on any atom is -0.492 e. The molecule has 1 rings (SSSR count). The summed E-state index contributed by atoms with van der Waals surface area (Å²) in [5.41, 5.74) is 0.291. The Morgan fingerprint density at radius 3 is 2.43 bits per heavy atom. The van der Waals surface area contributed by atoms with Crippen molar-refractivity contribution in [2.24, 2.45) is 5.41 Å². The van der Waals surface area contributed by atoms with E-state index in [0.29, 0.717) is 44.0 Å². The highest BCUT2D eigenvalue weighted by molar-refractivity contribution is 9.10. The van der Waals surface area contributed by atoms with Crippen LogP contribution in [0.15, 0.2) is 16.6 Å². The maximum absolute atomic E-state index is 11.5. The number of halogens is 1. The Hall–Kier alpha value is -1.27. The molecule has 0 aliphatic heterocycles. The van der Waals surface area contributed by atoms with Gasteiger partial charge in [0.15, 0.2) is 11.5 Å². The Bertz CT molecular complexity index is 530. The van der Waals surface area contributed by atoms with Gasteiger partial charge in [0.2, 0.25) is 0 Å². The summed E-state index contributed by atoms with van der Waals surface area (Å²) >= 11 is 3.48. The van der Waals surface area contributed by atoms with Gasteiger partial charge in [0.25, 0.3) is 0 Å². The zero-order valence-corrected chi connectivity index (χ0v) is 15.8. The van der Waals surface area contributed by atoms with E-state index in [1.165, 1.54) is 0 Å². The van der Waals surface area contributed by atoms with Crippen LogP contribution in [0.1, 0.15) is 39.2 Å². The molecule has 130 valence electrons. The van der Waals surface area contributed by atoms with E-state index in [0.717, 1.165) is 10.0 Å². The topological polar surface area (TPSA) is 67.8 Å². The molecule has 0 amide bonds. The normalized spacial score (nSPS) is 11.3. The molecule has 23 heavy (non-hydrogen) atoms. The molecule has 0 spiro atoms. The Morgan fingerprint density at radius 2 is 1.96 bits per heavy atom. The van der Waals surface area contributed by atoms with Gasteiger partial charge < -0.3 is 19.9 Å². The van der Waals surface area contributed by atoms with E-state index in [2.05, 4.69) is 21.2 Å². The summed E-state index contributed by atoms with van der Waals surface area (Å²) in [4.78, 5) is 11.5. The Balaban J connectivity index is 2.84. The lowest BCUT2D eigenvalue weighted by molar-refractivity contribution is -0.149. The van der Waals surface area contributed by atoms with Crippen molar-refractivity contribution in [3.63, 3.8) is 0 Å². The maximum atomic E-state index is 11.5. The monoisotopic (exact) mass is 387 g/mol. The molecule has 0 saturated carbocycles. The van der Waals surface area contributed by atoms with E-state index in [-0.39, 0.29) is 0 Å². The number of carbonyl (C=O) groups is 1. The lowest BCUT2D eigenvalue weighted by Crippen LogP contribution is -2.40. The molecule has 0 radical (unpaired) electrons. The number of benzene rings is 1. The number of methoxy groups -OCH3 is 1. The van der Waals surface area contributed by atoms with Gasteiger partial charge in [-0.25, -0.2) is 0 Å². The fourth-order valence-electron chi connectivity index (χ4n) is 2.51. The molecule has 2 N–H and O–H groups in total. The van der Waals surface area contributed by atoms with Crippen LogP contribution >= 0.6 is 15.9 Å². The molecular formula is C17H26BrNO4. The Morgan fingerprint density at radius 1 is 1.30 bits per heavy atom. The van der Waals surface area contributed by atoms with Gasteiger partial charge in [-0.2, -0.15) is 0 Å². The second-order valence-corrected chi connectivity index (χ2v) is 6.29. The van der Waals surface area contributed by atoms with Crippen molar-refractivity contribution in [3.8, 4) is 11.5 Å². The van der Waals surface area contributed by atoms with Crippen LogP contribution in [0.5, 0.6) is 11.5 Å². The quantitative estimate of drug-likeness (QED) is 0.638. The lowest BCUT2D eigenvalue weighted by atomic mass is 9.82. The predicted octanol–water partition coefficient (Wildman–Crippen LogP) is 3.84. The summed E-state index contributed by atoms with van der Waals surface area (Å²) in [6.45, 7) is 7.29. The van der Waals surface area contributed by atoms with Gasteiger partial charge in [-0.15, -0.1) is 0 Å². The number of carboxylic acids is 1. The van der Waals surface area contributed by atoms with Crippen LogP contribution in [0.3, 0.4) is 0 Å². The fraction of sp³-hybridized carbons (Fsp3) is 0.588. The molecule has 0 saturated heterocycles. The minimum atomic E-state index is -0.749. The van der Waals surface area contributed by atoms with Gasteiger partial charge in [0, 0.05) is 13.1 Å². The first-order chi connectivity index (χ1) is 10.9. The first kappa shape index (κ1) is 19.8. The number of hydrogen-bond acceptors (Lipinski definition) is 4. The molecule has 0 aromatic heterocycles. The van der Waals surface area contributed by atoms with Crippen LogP contribution in [0.25, 0.3) is 0 Å². The van der Waals surface area contributed by atoms with E-state index in [9.17, 15) is 9.90 Å². The molecular weight excluding hydrogens is 362 g/mol. The molecule has 1 aromatic carbocycles. The third-order valence-corrected chi connectivity index (χ3v) is 4.76. The standard InChI is InChI=1S/C17H26BrNO4/c1-5-17(6-2,16(20)21)11-19-10-12-8-13(18)15(22-4)14(9-12)23-7-3/h8-9,19H,5-7,10-11H2,1-4H3,(H,20,21). The number of nitrogens with one attached hydrogen (secondary N) is 1. The highest BCUT2D eigenvalue weighted by Crippen LogP contribution is 2.36. The van der Waals surface area contributed by atoms with Gasteiger partial charge in [0.1, 0.15) is 0 Å². The number of rotatable bonds is 10. The Kier molecular flexibility index (Phi) is 7.85. The molecule has 1 aromatic rings. The second kappa shape index (κ2) is 9.13. The number of hydrogen-bond donors (Lipinski definition) is 2. The second-order valence-electron chi connectivity index (χ2n) is 5.44. The van der Waals surface area contributed by atoms with Crippen molar-refractivity contribution in [2.75, 3.05) is 20.3 Å². The van der Waals surface area contributed by atoms with Crippen LogP contribution in [0.4, 0.5) is 0 Å². The summed E-state index contributed by atoms with van der Waals surface area (Å²) in [5, 5.41) is 12.7. The molecule has 0 aliphatic rings. The number of ether oxygens (including phenoxy) is 2. The van der Waals surface area contributed by atoms with Gasteiger partial charge in [-0.3, -0.25) is 4.79 Å². The summed E-state index contributed by atoms with van der Waals surface area (Å²) < 4.78 is 11.8. The Labute approximate surface area is 146 Å². The molecule has 0 bridgehead atoms. The highest BCUT2D eigenvalue weighted by atomic mass is 79.9. The van der Waals surface area contributed by atoms with Crippen LogP contribution in [0, 0.1) is 5.41 Å². The lowest BCUT2D eigenvalue weighted by Gasteiger charge is -2.27. The van der Waals surface area contributed by atoms with E-state index in [1.54, 1.807) is 7.11 Å². The van der Waals surface area contributed by atoms with Crippen LogP contribution in [-0.2, 0) is 11.3 Å². The molecule has 0 aliphatic carbocycles. The third-order valence-electron chi connectivity index (χ3n) is 4.17. The summed E-state index contributed by atoms with van der Waals surface area (Å²) in [6.07, 6.45) is 1.20. The van der Waals surface area contributed by atoms with Gasteiger partial charge in [-0.1, -0.05) is 13.8 Å². The van der Waals surface area contributed by atoms with Crippen molar-refractivity contribution in [2.45, 2.75) is 40.2 Å². The first-order valence-electron chi connectivity index (χ1n) is 7.87. The van der Waals surface area contributed by atoms with Crippen LogP contribution < -0.4 is 14.8 Å². The minimum absolute atomic E-state index is 0.433. The van der Waals surface area contributed by atoms with Crippen LogP contribution in [0.2, 0.25) is 0 Å². The smallest absolute Gasteiger partial charge is 0.310 e. The van der Waals surface area contributed by atoms with E-state index >= 15 is 0 Å². The first-order valence-corrected chi connectivity index (χ1v) is 8.66. The van der Waals surface area contributed by atoms with E-state index in [1.807, 2.05) is 32.9 Å². The van der Waals surface area contributed by atoms with Gasteiger partial charge >= 0.3 is 5.97 Å². The summed E-state index contributed by atoms with van der Waals surface area (Å²) in [6, 6.07) is 3.87. The zero-order valence-electron chi connectivity index (χ0n) is 14.2. The van der Waals surface area contributed by atoms with Crippen molar-refractivity contribution >= 4 is 21.9 Å². The maximum Gasteiger partial charge on any atom is 0.310 e.